The van der Waals surface area contributed by atoms with Gasteiger partial charge in [-0.25, -0.2) is 8.42 Å². The van der Waals surface area contributed by atoms with Crippen LogP contribution < -0.4 is 4.31 Å². The maximum absolute atomic E-state index is 13.0. The number of phenols is 1. The molecule has 0 spiro atoms. The highest BCUT2D eigenvalue weighted by atomic mass is 32.2. The Morgan fingerprint density at radius 3 is 2.50 bits per heavy atom. The summed E-state index contributed by atoms with van der Waals surface area (Å²) in [4.78, 5) is 0.210. The van der Waals surface area contributed by atoms with Gasteiger partial charge in [-0.1, -0.05) is 24.3 Å². The fourth-order valence-corrected chi connectivity index (χ4v) is 4.70. The fraction of sp³-hybridized carbons (Fsp3) is 0.143. The third kappa shape index (κ3) is 3.36. The van der Waals surface area contributed by atoms with E-state index >= 15 is 0 Å². The van der Waals surface area contributed by atoms with Crippen molar-refractivity contribution in [3.63, 3.8) is 0 Å². The summed E-state index contributed by atoms with van der Waals surface area (Å²) < 4.78 is 27.5. The number of aromatic hydroxyl groups is 1. The van der Waals surface area contributed by atoms with Crippen LogP contribution in [0.15, 0.2) is 81.9 Å². The molecule has 0 radical (unpaired) electrons. The van der Waals surface area contributed by atoms with Crippen LogP contribution in [-0.2, 0) is 16.4 Å². The number of sulfonamides is 1. The monoisotopic (exact) mass is 393 g/mol. The van der Waals surface area contributed by atoms with Crippen molar-refractivity contribution in [1.82, 2.24) is 0 Å². The molecular weight excluding hydrogens is 374 g/mol. The summed E-state index contributed by atoms with van der Waals surface area (Å²) in [5.74, 6) is 0.0428. The first kappa shape index (κ1) is 18.2. The third-order valence-electron chi connectivity index (χ3n) is 4.67. The van der Waals surface area contributed by atoms with E-state index in [0.29, 0.717) is 24.3 Å². The van der Waals surface area contributed by atoms with E-state index in [-0.39, 0.29) is 10.6 Å². The Labute approximate surface area is 163 Å². The van der Waals surface area contributed by atoms with Gasteiger partial charge in [0, 0.05) is 6.54 Å². The summed E-state index contributed by atoms with van der Waals surface area (Å²) >= 11 is 0. The predicted octanol–water partition coefficient (Wildman–Crippen LogP) is 4.87. The molecule has 1 aliphatic heterocycles. The van der Waals surface area contributed by atoms with Crippen LogP contribution >= 0.6 is 0 Å². The largest absolute Gasteiger partial charge is 0.506 e. The first-order valence-electron chi connectivity index (χ1n) is 8.87. The second kappa shape index (κ2) is 7.09. The van der Waals surface area contributed by atoms with E-state index in [2.05, 4.69) is 10.2 Å². The summed E-state index contributed by atoms with van der Waals surface area (Å²) in [5, 5.41) is 18.0. The van der Waals surface area contributed by atoms with Gasteiger partial charge in [0.2, 0.25) is 0 Å². The zero-order valence-electron chi connectivity index (χ0n) is 15.3. The number of hydrogen-bond donors (Lipinski definition) is 1. The molecule has 3 aromatic rings. The van der Waals surface area contributed by atoms with E-state index in [1.807, 2.05) is 31.2 Å². The average Bonchev–Trinajstić information content (AvgIpc) is 3.14. The standard InChI is InChI=1S/C21H19N3O3S/c1-15-6-11-21(25)19(14-15)23-22-17-7-9-18(10-8-17)28(26,27)24-13-12-16-4-2-3-5-20(16)24/h2-11,14,25H,12-13H2,1H3. The Morgan fingerprint density at radius 1 is 0.964 bits per heavy atom. The Balaban J connectivity index is 1.58. The zero-order valence-corrected chi connectivity index (χ0v) is 16.1. The molecule has 0 bridgehead atoms. The van der Waals surface area contributed by atoms with Crippen LogP contribution in [0.3, 0.4) is 0 Å². The molecule has 0 unspecified atom stereocenters. The lowest BCUT2D eigenvalue weighted by Crippen LogP contribution is -2.29. The van der Waals surface area contributed by atoms with Gasteiger partial charge >= 0.3 is 0 Å². The van der Waals surface area contributed by atoms with E-state index in [9.17, 15) is 13.5 Å². The van der Waals surface area contributed by atoms with Gasteiger partial charge in [0.15, 0.2) is 0 Å². The number of aryl methyl sites for hydroxylation is 1. The molecule has 0 amide bonds. The first-order valence-corrected chi connectivity index (χ1v) is 10.3. The highest BCUT2D eigenvalue weighted by Crippen LogP contribution is 2.33. The number of benzene rings is 3. The van der Waals surface area contributed by atoms with Crippen LogP contribution in [0.1, 0.15) is 11.1 Å². The maximum Gasteiger partial charge on any atom is 0.264 e. The highest BCUT2D eigenvalue weighted by molar-refractivity contribution is 7.92. The summed E-state index contributed by atoms with van der Waals surface area (Å²) in [5.41, 5.74) is 3.60. The molecule has 28 heavy (non-hydrogen) atoms. The highest BCUT2D eigenvalue weighted by Gasteiger charge is 2.30. The van der Waals surface area contributed by atoms with E-state index in [1.165, 1.54) is 16.4 Å². The lowest BCUT2D eigenvalue weighted by molar-refractivity contribution is 0.476. The van der Waals surface area contributed by atoms with E-state index in [1.54, 1.807) is 30.3 Å². The number of nitrogens with zero attached hydrogens (tertiary/aromatic N) is 3. The topological polar surface area (TPSA) is 82.3 Å². The summed E-state index contributed by atoms with van der Waals surface area (Å²) in [7, 11) is -3.63. The maximum atomic E-state index is 13.0. The molecule has 1 N–H and O–H groups in total. The van der Waals surface area contributed by atoms with Crippen LogP contribution in [0.4, 0.5) is 17.1 Å². The van der Waals surface area contributed by atoms with Gasteiger partial charge in [0.25, 0.3) is 10.0 Å². The molecule has 6 nitrogen and oxygen atoms in total. The molecule has 4 rings (SSSR count). The minimum absolute atomic E-state index is 0.0428. The summed E-state index contributed by atoms with van der Waals surface area (Å²) in [6.07, 6.45) is 0.710. The van der Waals surface area contributed by atoms with Crippen molar-refractivity contribution in [1.29, 1.82) is 0 Å². The number of para-hydroxylation sites is 1. The van der Waals surface area contributed by atoms with E-state index < -0.39 is 10.0 Å². The minimum atomic E-state index is -3.63. The van der Waals surface area contributed by atoms with Gasteiger partial charge in [-0.05, 0) is 66.9 Å². The second-order valence-corrected chi connectivity index (χ2v) is 8.50. The summed E-state index contributed by atoms with van der Waals surface area (Å²) in [6.45, 7) is 2.34. The van der Waals surface area contributed by atoms with Crippen LogP contribution in [0.5, 0.6) is 5.75 Å². The zero-order chi connectivity index (χ0) is 19.7. The predicted molar refractivity (Wildman–Crippen MR) is 108 cm³/mol. The molecule has 7 heteroatoms. The third-order valence-corrected chi connectivity index (χ3v) is 6.50. The van der Waals surface area contributed by atoms with Crippen molar-refractivity contribution < 1.29 is 13.5 Å². The van der Waals surface area contributed by atoms with Crippen LogP contribution in [0.25, 0.3) is 0 Å². The number of hydrogen-bond acceptors (Lipinski definition) is 5. The second-order valence-electron chi connectivity index (χ2n) is 6.64. The average molecular weight is 393 g/mol. The van der Waals surface area contributed by atoms with Gasteiger partial charge in [0.1, 0.15) is 11.4 Å². The lowest BCUT2D eigenvalue weighted by atomic mass is 10.2. The molecule has 0 saturated carbocycles. The van der Waals surface area contributed by atoms with Gasteiger partial charge in [-0.15, -0.1) is 5.11 Å². The molecule has 1 aliphatic rings. The molecule has 142 valence electrons. The van der Waals surface area contributed by atoms with Gasteiger partial charge in [-0.2, -0.15) is 5.11 Å². The fourth-order valence-electron chi connectivity index (χ4n) is 3.19. The smallest absolute Gasteiger partial charge is 0.264 e. The Hall–Kier alpha value is -3.19. The number of phenolic OH excluding ortho intramolecular Hbond substituents is 1. The van der Waals surface area contributed by atoms with Crippen LogP contribution in [-0.4, -0.2) is 20.1 Å². The molecule has 0 fully saturated rings. The van der Waals surface area contributed by atoms with Crippen molar-refractivity contribution in [2.75, 3.05) is 10.8 Å². The lowest BCUT2D eigenvalue weighted by Gasteiger charge is -2.19. The molecule has 1 heterocycles. The van der Waals surface area contributed by atoms with Crippen molar-refractivity contribution >= 4 is 27.1 Å². The number of fused-ring (bicyclic) bond motifs is 1. The molecule has 0 aromatic heterocycles. The molecule has 0 atom stereocenters. The van der Waals surface area contributed by atoms with Crippen LogP contribution in [0, 0.1) is 6.92 Å². The van der Waals surface area contributed by atoms with Gasteiger partial charge < -0.3 is 5.11 Å². The van der Waals surface area contributed by atoms with Crippen molar-refractivity contribution in [2.24, 2.45) is 10.2 Å². The van der Waals surface area contributed by atoms with E-state index in [0.717, 1.165) is 16.8 Å². The Kier molecular flexibility index (Phi) is 4.60. The molecular formula is C21H19N3O3S. The van der Waals surface area contributed by atoms with Crippen molar-refractivity contribution in [3.8, 4) is 5.75 Å². The first-order chi connectivity index (χ1) is 13.4. The molecule has 0 saturated heterocycles. The molecule has 0 aliphatic carbocycles. The number of rotatable bonds is 4. The van der Waals surface area contributed by atoms with Crippen molar-refractivity contribution in [2.45, 2.75) is 18.2 Å². The number of azo groups is 1. The Bertz CT molecular complexity index is 1160. The minimum Gasteiger partial charge on any atom is -0.506 e. The normalized spacial score (nSPS) is 13.8. The SMILES string of the molecule is Cc1ccc(O)c(N=Nc2ccc(S(=O)(=O)N3CCc4ccccc43)cc2)c1. The van der Waals surface area contributed by atoms with Gasteiger partial charge in [-0.3, -0.25) is 4.31 Å². The van der Waals surface area contributed by atoms with Crippen molar-refractivity contribution in [3.05, 3.63) is 77.9 Å². The van der Waals surface area contributed by atoms with Gasteiger partial charge in [0.05, 0.1) is 16.3 Å². The Morgan fingerprint density at radius 2 is 1.71 bits per heavy atom. The quantitative estimate of drug-likeness (QED) is 0.642. The van der Waals surface area contributed by atoms with Crippen LogP contribution in [0.2, 0.25) is 0 Å². The number of anilines is 1. The van der Waals surface area contributed by atoms with E-state index in [4.69, 9.17) is 0 Å². The molecule has 3 aromatic carbocycles. The summed E-state index contributed by atoms with van der Waals surface area (Å²) in [6, 6.07) is 18.9.